The molecule has 0 fully saturated rings. The number of nitrogens with zero attached hydrogens (tertiary/aromatic N) is 1. The molecule has 4 heteroatoms. The fourth-order valence-corrected chi connectivity index (χ4v) is 2.41. The molecule has 82 valence electrons. The quantitative estimate of drug-likeness (QED) is 0.848. The van der Waals surface area contributed by atoms with Gasteiger partial charge in [-0.15, -0.1) is 0 Å². The highest BCUT2D eigenvalue weighted by Crippen LogP contribution is 2.37. The first-order valence-electron chi connectivity index (χ1n) is 5.04. The average Bonchev–Trinajstić information content (AvgIpc) is 2.61. The van der Waals surface area contributed by atoms with Gasteiger partial charge in [-0.25, -0.2) is 0 Å². The van der Waals surface area contributed by atoms with Crippen molar-refractivity contribution in [3.8, 4) is 5.75 Å². The van der Waals surface area contributed by atoms with E-state index < -0.39 is 0 Å². The van der Waals surface area contributed by atoms with Crippen molar-refractivity contribution in [1.29, 1.82) is 0 Å². The zero-order valence-electron chi connectivity index (χ0n) is 9.17. The molecule has 0 aliphatic carbocycles. The van der Waals surface area contributed by atoms with Crippen LogP contribution >= 0.6 is 22.6 Å². The topological polar surface area (TPSA) is 24.5 Å². The molecule has 1 unspecified atom stereocenters. The highest BCUT2D eigenvalue weighted by Gasteiger charge is 2.25. The first kappa shape index (κ1) is 11.0. The molecule has 0 aromatic heterocycles. The van der Waals surface area contributed by atoms with Gasteiger partial charge in [0.2, 0.25) is 6.35 Å². The second-order valence-corrected chi connectivity index (χ2v) is 5.05. The highest BCUT2D eigenvalue weighted by molar-refractivity contribution is 14.1. The van der Waals surface area contributed by atoms with Gasteiger partial charge in [0.15, 0.2) is 5.75 Å². The molecule has 1 atom stereocenters. The summed E-state index contributed by atoms with van der Waals surface area (Å²) in [6.45, 7) is 2.16. The summed E-state index contributed by atoms with van der Waals surface area (Å²) in [6.07, 6.45) is 1.01. The summed E-state index contributed by atoms with van der Waals surface area (Å²) in [7, 11) is 3.99. The normalized spacial score (nSPS) is 18.6. The summed E-state index contributed by atoms with van der Waals surface area (Å²) in [5, 5.41) is 3.35. The van der Waals surface area contributed by atoms with Crippen LogP contribution in [0.4, 0.5) is 5.69 Å². The van der Waals surface area contributed by atoms with Gasteiger partial charge in [-0.3, -0.25) is 4.90 Å². The molecule has 1 aliphatic heterocycles. The summed E-state index contributed by atoms with van der Waals surface area (Å²) < 4.78 is 6.99. The molecule has 0 saturated carbocycles. The third-order valence-electron chi connectivity index (χ3n) is 2.49. The van der Waals surface area contributed by atoms with Gasteiger partial charge in [-0.1, -0.05) is 6.92 Å². The van der Waals surface area contributed by atoms with Crippen molar-refractivity contribution >= 4 is 28.3 Å². The molecule has 0 radical (unpaired) electrons. The number of ether oxygens (including phenoxy) is 1. The Bertz CT molecular complexity index is 379. The number of aryl methyl sites for hydroxylation is 1. The first-order chi connectivity index (χ1) is 7.11. The Labute approximate surface area is 104 Å². The minimum absolute atomic E-state index is 0.0411. The van der Waals surface area contributed by atoms with Gasteiger partial charge in [-0.2, -0.15) is 0 Å². The molecule has 1 N–H and O–H groups in total. The minimum Gasteiger partial charge on any atom is -0.454 e. The van der Waals surface area contributed by atoms with Gasteiger partial charge < -0.3 is 10.1 Å². The molecule has 0 bridgehead atoms. The maximum Gasteiger partial charge on any atom is 0.229 e. The largest absolute Gasteiger partial charge is 0.454 e. The monoisotopic (exact) mass is 318 g/mol. The van der Waals surface area contributed by atoms with Crippen LogP contribution in [-0.4, -0.2) is 25.3 Å². The fraction of sp³-hybridized carbons (Fsp3) is 0.455. The third kappa shape index (κ3) is 2.06. The van der Waals surface area contributed by atoms with Gasteiger partial charge in [0.1, 0.15) is 0 Å². The Morgan fingerprint density at radius 3 is 2.80 bits per heavy atom. The molecule has 1 aromatic carbocycles. The molecule has 1 heterocycles. The molecule has 3 nitrogen and oxygen atoms in total. The van der Waals surface area contributed by atoms with Crippen molar-refractivity contribution in [3.63, 3.8) is 0 Å². The van der Waals surface area contributed by atoms with Crippen LogP contribution in [0.2, 0.25) is 0 Å². The molecule has 15 heavy (non-hydrogen) atoms. The summed E-state index contributed by atoms with van der Waals surface area (Å²) in [5.41, 5.74) is 2.45. The van der Waals surface area contributed by atoms with Gasteiger partial charge in [0, 0.05) is 0 Å². The lowest BCUT2D eigenvalue weighted by Gasteiger charge is -2.18. The summed E-state index contributed by atoms with van der Waals surface area (Å²) in [5.74, 6) is 0.978. The highest BCUT2D eigenvalue weighted by atomic mass is 127. The van der Waals surface area contributed by atoms with Crippen LogP contribution in [0.5, 0.6) is 5.75 Å². The second kappa shape index (κ2) is 4.17. The molecule has 1 aromatic rings. The number of anilines is 1. The minimum atomic E-state index is -0.0411. The van der Waals surface area contributed by atoms with Crippen molar-refractivity contribution in [1.82, 2.24) is 4.90 Å². The van der Waals surface area contributed by atoms with Gasteiger partial charge >= 0.3 is 0 Å². The van der Waals surface area contributed by atoms with E-state index in [2.05, 4.69) is 47.0 Å². The molecular formula is C11H15IN2O. The summed E-state index contributed by atoms with van der Waals surface area (Å²) in [4.78, 5) is 2.02. The van der Waals surface area contributed by atoms with Gasteiger partial charge in [0.05, 0.1) is 9.26 Å². The Morgan fingerprint density at radius 2 is 2.20 bits per heavy atom. The lowest BCUT2D eigenvalue weighted by molar-refractivity contribution is 0.105. The van der Waals surface area contributed by atoms with E-state index in [1.807, 2.05) is 19.0 Å². The Balaban J connectivity index is 2.33. The van der Waals surface area contributed by atoms with Crippen molar-refractivity contribution in [2.45, 2.75) is 19.7 Å². The van der Waals surface area contributed by atoms with Gasteiger partial charge in [0.25, 0.3) is 0 Å². The summed E-state index contributed by atoms with van der Waals surface area (Å²) >= 11 is 2.32. The Hall–Kier alpha value is -0.490. The maximum absolute atomic E-state index is 5.81. The smallest absolute Gasteiger partial charge is 0.229 e. The second-order valence-electron chi connectivity index (χ2n) is 3.89. The van der Waals surface area contributed by atoms with Crippen LogP contribution < -0.4 is 10.1 Å². The van der Waals surface area contributed by atoms with E-state index in [1.54, 1.807) is 0 Å². The van der Waals surface area contributed by atoms with Crippen LogP contribution in [0.1, 0.15) is 12.5 Å². The van der Waals surface area contributed by atoms with E-state index >= 15 is 0 Å². The molecule has 1 aliphatic rings. The van der Waals surface area contributed by atoms with Crippen molar-refractivity contribution < 1.29 is 4.74 Å². The van der Waals surface area contributed by atoms with Crippen LogP contribution in [-0.2, 0) is 6.42 Å². The first-order valence-corrected chi connectivity index (χ1v) is 6.11. The number of halogens is 1. The van der Waals surface area contributed by atoms with E-state index in [-0.39, 0.29) is 6.35 Å². The van der Waals surface area contributed by atoms with E-state index in [0.717, 1.165) is 17.9 Å². The number of fused-ring (bicyclic) bond motifs is 1. The average molecular weight is 318 g/mol. The lowest BCUT2D eigenvalue weighted by Crippen LogP contribution is -2.36. The molecule has 2 rings (SSSR count). The van der Waals surface area contributed by atoms with Crippen LogP contribution in [0.3, 0.4) is 0 Å². The summed E-state index contributed by atoms with van der Waals surface area (Å²) in [6, 6.07) is 4.35. The van der Waals surface area contributed by atoms with Crippen molar-refractivity contribution in [2.75, 3.05) is 19.4 Å². The predicted molar refractivity (Wildman–Crippen MR) is 70.3 cm³/mol. The number of nitrogens with one attached hydrogen (secondary N) is 1. The van der Waals surface area contributed by atoms with Crippen molar-refractivity contribution in [3.05, 3.63) is 21.3 Å². The Kier molecular flexibility index (Phi) is 3.06. The SMILES string of the molecule is CCc1cc(I)c2c(c1)NC(N(C)C)O2. The zero-order valence-corrected chi connectivity index (χ0v) is 11.3. The zero-order chi connectivity index (χ0) is 11.0. The molecule has 0 amide bonds. The number of hydrogen-bond donors (Lipinski definition) is 1. The molecule has 0 spiro atoms. The van der Waals surface area contributed by atoms with Crippen molar-refractivity contribution in [2.24, 2.45) is 0 Å². The van der Waals surface area contributed by atoms with Crippen LogP contribution in [0.25, 0.3) is 0 Å². The maximum atomic E-state index is 5.81. The number of benzene rings is 1. The number of rotatable bonds is 2. The van der Waals surface area contributed by atoms with E-state index in [9.17, 15) is 0 Å². The molecule has 0 saturated heterocycles. The van der Waals surface area contributed by atoms with Crippen LogP contribution in [0, 0.1) is 3.57 Å². The molecular weight excluding hydrogens is 303 g/mol. The lowest BCUT2D eigenvalue weighted by atomic mass is 10.1. The van der Waals surface area contributed by atoms with Crippen LogP contribution in [0.15, 0.2) is 12.1 Å². The predicted octanol–water partition coefficient (Wildman–Crippen LogP) is 2.50. The van der Waals surface area contributed by atoms with E-state index in [1.165, 1.54) is 9.13 Å². The Morgan fingerprint density at radius 1 is 1.47 bits per heavy atom. The van der Waals surface area contributed by atoms with E-state index in [0.29, 0.717) is 0 Å². The van der Waals surface area contributed by atoms with Gasteiger partial charge in [-0.05, 0) is 60.8 Å². The number of hydrogen-bond acceptors (Lipinski definition) is 3. The fourth-order valence-electron chi connectivity index (χ4n) is 1.59. The third-order valence-corrected chi connectivity index (χ3v) is 3.29. The van der Waals surface area contributed by atoms with E-state index in [4.69, 9.17) is 4.74 Å². The standard InChI is InChI=1S/C11H15IN2O/c1-4-7-5-8(12)10-9(6-7)13-11(15-10)14(2)3/h5-6,11,13H,4H2,1-3H3.